The average molecular weight is 246 g/mol. The third-order valence-corrected chi connectivity index (χ3v) is 4.22. The molecule has 0 spiro atoms. The monoisotopic (exact) mass is 246 g/mol. The first kappa shape index (κ1) is 13.6. The van der Waals surface area contributed by atoms with Crippen molar-refractivity contribution in [3.63, 3.8) is 0 Å². The largest absolute Gasteiger partial charge is 0.313 e. The zero-order valence-electron chi connectivity index (χ0n) is 11.9. The molecule has 0 amide bonds. The molecular weight excluding hydrogens is 220 g/mol. The highest BCUT2D eigenvalue weighted by Crippen LogP contribution is 2.30. The maximum atomic E-state index is 3.53. The molecule has 0 aliphatic carbocycles. The van der Waals surface area contributed by atoms with E-state index < -0.39 is 0 Å². The number of nitrogens with one attached hydrogen (secondary N) is 1. The molecule has 2 rings (SSSR count). The van der Waals surface area contributed by atoms with Crippen molar-refractivity contribution in [3.8, 4) is 0 Å². The van der Waals surface area contributed by atoms with Crippen LogP contribution >= 0.6 is 0 Å². The van der Waals surface area contributed by atoms with Crippen molar-refractivity contribution < 1.29 is 0 Å². The average Bonchev–Trinajstić information content (AvgIpc) is 2.60. The summed E-state index contributed by atoms with van der Waals surface area (Å²) in [5.41, 5.74) is 2.99. The van der Waals surface area contributed by atoms with Crippen molar-refractivity contribution in [2.24, 2.45) is 0 Å². The van der Waals surface area contributed by atoms with E-state index in [0.29, 0.717) is 12.1 Å². The van der Waals surface area contributed by atoms with Gasteiger partial charge in [-0.3, -0.25) is 4.90 Å². The van der Waals surface area contributed by atoms with Crippen LogP contribution in [0.5, 0.6) is 0 Å². The van der Waals surface area contributed by atoms with E-state index >= 15 is 0 Å². The maximum absolute atomic E-state index is 3.53. The fourth-order valence-electron chi connectivity index (χ4n) is 2.99. The van der Waals surface area contributed by atoms with Crippen LogP contribution in [0, 0.1) is 0 Å². The lowest BCUT2D eigenvalue weighted by Gasteiger charge is -2.33. The van der Waals surface area contributed by atoms with Gasteiger partial charge < -0.3 is 5.32 Å². The summed E-state index contributed by atoms with van der Waals surface area (Å²) in [7, 11) is 2.28. The molecule has 18 heavy (non-hydrogen) atoms. The van der Waals surface area contributed by atoms with Crippen LogP contribution in [0.2, 0.25) is 0 Å². The van der Waals surface area contributed by atoms with Crippen LogP contribution in [0.25, 0.3) is 0 Å². The Bertz CT molecular complexity index is 375. The van der Waals surface area contributed by atoms with E-state index in [1.165, 1.54) is 30.4 Å². The molecule has 0 radical (unpaired) electrons. The van der Waals surface area contributed by atoms with Crippen molar-refractivity contribution in [2.75, 3.05) is 13.6 Å². The van der Waals surface area contributed by atoms with Gasteiger partial charge in [0.2, 0.25) is 0 Å². The Morgan fingerprint density at radius 3 is 2.94 bits per heavy atom. The first-order chi connectivity index (χ1) is 8.74. The highest BCUT2D eigenvalue weighted by molar-refractivity contribution is 5.31. The predicted octanol–water partition coefficient (Wildman–Crippen LogP) is 3.34. The van der Waals surface area contributed by atoms with Crippen LogP contribution < -0.4 is 5.32 Å². The van der Waals surface area contributed by atoms with Crippen molar-refractivity contribution in [3.05, 3.63) is 35.4 Å². The summed E-state index contributed by atoms with van der Waals surface area (Å²) in [5, 5.41) is 3.53. The lowest BCUT2D eigenvalue weighted by molar-refractivity contribution is 0.168. The van der Waals surface area contributed by atoms with E-state index in [-0.39, 0.29) is 0 Å². The highest BCUT2D eigenvalue weighted by Gasteiger charge is 2.24. The van der Waals surface area contributed by atoms with Crippen LogP contribution in [0.1, 0.15) is 50.3 Å². The van der Waals surface area contributed by atoms with Crippen molar-refractivity contribution >= 4 is 0 Å². The molecule has 0 saturated carbocycles. The second-order valence-corrected chi connectivity index (χ2v) is 5.48. The van der Waals surface area contributed by atoms with E-state index in [4.69, 9.17) is 0 Å². The van der Waals surface area contributed by atoms with Gasteiger partial charge in [0.25, 0.3) is 0 Å². The van der Waals surface area contributed by atoms with Gasteiger partial charge in [-0.25, -0.2) is 0 Å². The van der Waals surface area contributed by atoms with Gasteiger partial charge in [0, 0.05) is 18.6 Å². The lowest BCUT2D eigenvalue weighted by Crippen LogP contribution is -2.33. The number of fused-ring (bicyclic) bond motifs is 1. The molecule has 2 atom stereocenters. The van der Waals surface area contributed by atoms with Gasteiger partial charge in [-0.2, -0.15) is 0 Å². The minimum Gasteiger partial charge on any atom is -0.313 e. The van der Waals surface area contributed by atoms with E-state index in [1.807, 2.05) is 0 Å². The number of hydrogen-bond acceptors (Lipinski definition) is 2. The summed E-state index contributed by atoms with van der Waals surface area (Å²) in [4.78, 5) is 2.56. The standard InChI is InChI=1S/C16H26N2/c1-4-7-13(2)18(3)16-10-11-17-12-14-8-5-6-9-15(14)16/h5-6,8-9,13,16-17H,4,7,10-12H2,1-3H3. The molecule has 0 aromatic heterocycles. The molecule has 2 heteroatoms. The fourth-order valence-corrected chi connectivity index (χ4v) is 2.99. The summed E-state index contributed by atoms with van der Waals surface area (Å²) < 4.78 is 0. The number of benzene rings is 1. The molecule has 100 valence electrons. The van der Waals surface area contributed by atoms with Gasteiger partial charge in [-0.1, -0.05) is 37.6 Å². The van der Waals surface area contributed by atoms with E-state index in [0.717, 1.165) is 13.1 Å². The molecule has 2 unspecified atom stereocenters. The lowest BCUT2D eigenvalue weighted by atomic mass is 9.96. The summed E-state index contributed by atoms with van der Waals surface area (Å²) >= 11 is 0. The Kier molecular flexibility index (Phi) is 4.79. The highest BCUT2D eigenvalue weighted by atomic mass is 15.2. The molecule has 1 aliphatic heterocycles. The molecule has 0 bridgehead atoms. The molecule has 1 aromatic rings. The third kappa shape index (κ3) is 2.93. The molecule has 1 aromatic carbocycles. The van der Waals surface area contributed by atoms with Gasteiger partial charge in [0.15, 0.2) is 0 Å². The molecule has 1 N–H and O–H groups in total. The normalized spacial score (nSPS) is 21.4. The summed E-state index contributed by atoms with van der Waals surface area (Å²) in [6, 6.07) is 10.1. The van der Waals surface area contributed by atoms with Gasteiger partial charge >= 0.3 is 0 Å². The second-order valence-electron chi connectivity index (χ2n) is 5.48. The van der Waals surface area contributed by atoms with Gasteiger partial charge in [-0.05, 0) is 44.5 Å². The van der Waals surface area contributed by atoms with Crippen LogP contribution in [0.4, 0.5) is 0 Å². The van der Waals surface area contributed by atoms with Gasteiger partial charge in [-0.15, -0.1) is 0 Å². The summed E-state index contributed by atoms with van der Waals surface area (Å²) in [6.45, 7) is 6.75. The smallest absolute Gasteiger partial charge is 0.0363 e. The minimum atomic E-state index is 0.567. The zero-order chi connectivity index (χ0) is 13.0. The predicted molar refractivity (Wildman–Crippen MR) is 77.6 cm³/mol. The van der Waals surface area contributed by atoms with Crippen LogP contribution in [0.15, 0.2) is 24.3 Å². The SMILES string of the molecule is CCCC(C)N(C)C1CCNCc2ccccc21. The first-order valence-corrected chi connectivity index (χ1v) is 7.24. The molecular formula is C16H26N2. The van der Waals surface area contributed by atoms with Crippen LogP contribution in [0.3, 0.4) is 0 Å². The van der Waals surface area contributed by atoms with E-state index in [2.05, 4.69) is 55.4 Å². The quantitative estimate of drug-likeness (QED) is 0.876. The van der Waals surface area contributed by atoms with E-state index in [1.54, 1.807) is 0 Å². The van der Waals surface area contributed by atoms with Crippen LogP contribution in [-0.2, 0) is 6.54 Å². The Labute approximate surface area is 111 Å². The maximum Gasteiger partial charge on any atom is 0.0363 e. The summed E-state index contributed by atoms with van der Waals surface area (Å²) in [5.74, 6) is 0. The topological polar surface area (TPSA) is 15.3 Å². The van der Waals surface area contributed by atoms with Crippen molar-refractivity contribution in [1.82, 2.24) is 10.2 Å². The Morgan fingerprint density at radius 1 is 1.39 bits per heavy atom. The van der Waals surface area contributed by atoms with Crippen molar-refractivity contribution in [1.29, 1.82) is 0 Å². The first-order valence-electron chi connectivity index (χ1n) is 7.24. The molecule has 1 heterocycles. The van der Waals surface area contributed by atoms with Crippen molar-refractivity contribution in [2.45, 2.75) is 51.7 Å². The molecule has 1 aliphatic rings. The van der Waals surface area contributed by atoms with Crippen LogP contribution in [-0.4, -0.2) is 24.5 Å². The molecule has 0 saturated heterocycles. The number of hydrogen-bond donors (Lipinski definition) is 1. The summed E-state index contributed by atoms with van der Waals surface area (Å²) in [6.07, 6.45) is 3.75. The van der Waals surface area contributed by atoms with Gasteiger partial charge in [0.05, 0.1) is 0 Å². The van der Waals surface area contributed by atoms with E-state index in [9.17, 15) is 0 Å². The zero-order valence-corrected chi connectivity index (χ0v) is 11.9. The Hall–Kier alpha value is -0.860. The Morgan fingerprint density at radius 2 is 2.17 bits per heavy atom. The molecule has 2 nitrogen and oxygen atoms in total. The Balaban J connectivity index is 2.21. The molecule has 0 fully saturated rings. The number of rotatable bonds is 4. The minimum absolute atomic E-state index is 0.567. The third-order valence-electron chi connectivity index (χ3n) is 4.22. The second kappa shape index (κ2) is 6.35. The number of nitrogens with zero attached hydrogens (tertiary/aromatic N) is 1. The van der Waals surface area contributed by atoms with Gasteiger partial charge in [0.1, 0.15) is 0 Å². The fraction of sp³-hybridized carbons (Fsp3) is 0.625.